The second-order valence-electron chi connectivity index (χ2n) is 8.69. The van der Waals surface area contributed by atoms with Crippen LogP contribution in [-0.4, -0.2) is 28.8 Å². The first-order chi connectivity index (χ1) is 15.4. The van der Waals surface area contributed by atoms with Crippen molar-refractivity contribution in [2.45, 2.75) is 77.4 Å². The van der Waals surface area contributed by atoms with E-state index >= 15 is 0 Å². The van der Waals surface area contributed by atoms with Crippen LogP contribution in [0.4, 0.5) is 0 Å². The van der Waals surface area contributed by atoms with E-state index in [2.05, 4.69) is 11.4 Å². The smallest absolute Gasteiger partial charge is 0.243 e. The number of amides is 2. The minimum atomic E-state index is -0.531. The highest BCUT2D eigenvalue weighted by Gasteiger charge is 2.30. The Bertz CT molecular complexity index is 941. The molecule has 0 bridgehead atoms. The van der Waals surface area contributed by atoms with Gasteiger partial charge in [0.15, 0.2) is 0 Å². The summed E-state index contributed by atoms with van der Waals surface area (Å²) in [7, 11) is 0. The van der Waals surface area contributed by atoms with Crippen molar-refractivity contribution in [2.24, 2.45) is 0 Å². The lowest BCUT2D eigenvalue weighted by molar-refractivity contribution is -0.141. The Morgan fingerprint density at radius 2 is 1.84 bits per heavy atom. The molecule has 0 saturated heterocycles. The minimum absolute atomic E-state index is 0.0670. The largest absolute Gasteiger partial charge is 0.352 e. The Labute approximate surface area is 201 Å². The number of halogens is 2. The van der Waals surface area contributed by atoms with E-state index in [0.717, 1.165) is 36.8 Å². The highest BCUT2D eigenvalue weighted by molar-refractivity contribution is 6.35. The van der Waals surface area contributed by atoms with E-state index < -0.39 is 6.04 Å². The molecule has 1 N–H and O–H groups in total. The Kier molecular flexibility index (Phi) is 9.01. The molecule has 4 nitrogen and oxygen atoms in total. The number of hydrogen-bond donors (Lipinski definition) is 1. The number of benzene rings is 2. The molecule has 1 saturated carbocycles. The fraction of sp³-hybridized carbons (Fsp3) is 0.462. The second-order valence-corrected chi connectivity index (χ2v) is 9.53. The third kappa shape index (κ3) is 6.73. The number of aryl methyl sites for hydroxylation is 1. The van der Waals surface area contributed by atoms with Crippen LogP contribution in [0.5, 0.6) is 0 Å². The summed E-state index contributed by atoms with van der Waals surface area (Å²) in [5.74, 6) is -0.191. The SMILES string of the molecule is CC[C@@H](C(=O)NC1CCCCC1)N(Cc1cccc(C)c1)C(=O)Cc1ccc(Cl)cc1Cl. The predicted octanol–water partition coefficient (Wildman–Crippen LogP) is 6.10. The number of carbonyl (C=O) groups is 2. The van der Waals surface area contributed by atoms with Gasteiger partial charge in [0.2, 0.25) is 11.8 Å². The Hall–Kier alpha value is -2.04. The van der Waals surface area contributed by atoms with Crippen molar-refractivity contribution in [2.75, 3.05) is 0 Å². The molecule has 1 atom stereocenters. The van der Waals surface area contributed by atoms with Crippen molar-refractivity contribution in [3.05, 3.63) is 69.2 Å². The molecule has 32 heavy (non-hydrogen) atoms. The van der Waals surface area contributed by atoms with Gasteiger partial charge in [-0.3, -0.25) is 9.59 Å². The predicted molar refractivity (Wildman–Crippen MR) is 131 cm³/mol. The van der Waals surface area contributed by atoms with Crippen molar-refractivity contribution in [3.8, 4) is 0 Å². The zero-order valence-corrected chi connectivity index (χ0v) is 20.4. The normalized spacial score (nSPS) is 15.2. The zero-order valence-electron chi connectivity index (χ0n) is 18.9. The molecule has 1 aliphatic carbocycles. The first-order valence-corrected chi connectivity index (χ1v) is 12.2. The third-order valence-corrected chi connectivity index (χ3v) is 6.72. The number of carbonyl (C=O) groups excluding carboxylic acids is 2. The fourth-order valence-corrected chi connectivity index (χ4v) is 4.88. The zero-order chi connectivity index (χ0) is 23.1. The summed E-state index contributed by atoms with van der Waals surface area (Å²) in [4.78, 5) is 28.5. The summed E-state index contributed by atoms with van der Waals surface area (Å²) >= 11 is 12.3. The molecule has 2 aromatic rings. The summed E-state index contributed by atoms with van der Waals surface area (Å²) in [6, 6.07) is 12.9. The average Bonchev–Trinajstić information content (AvgIpc) is 2.76. The van der Waals surface area contributed by atoms with Gasteiger partial charge in [0.25, 0.3) is 0 Å². The molecule has 6 heteroatoms. The lowest BCUT2D eigenvalue weighted by Gasteiger charge is -2.33. The summed E-state index contributed by atoms with van der Waals surface area (Å²) in [5, 5.41) is 4.20. The van der Waals surface area contributed by atoms with Crippen LogP contribution in [-0.2, 0) is 22.6 Å². The van der Waals surface area contributed by atoms with Crippen LogP contribution < -0.4 is 5.32 Å². The molecule has 0 heterocycles. The van der Waals surface area contributed by atoms with E-state index in [1.165, 1.54) is 6.42 Å². The Balaban J connectivity index is 1.83. The average molecular weight is 475 g/mol. The van der Waals surface area contributed by atoms with Gasteiger partial charge in [0.05, 0.1) is 6.42 Å². The highest BCUT2D eigenvalue weighted by Crippen LogP contribution is 2.24. The molecule has 0 aliphatic heterocycles. The summed E-state index contributed by atoms with van der Waals surface area (Å²) < 4.78 is 0. The number of rotatable bonds is 8. The third-order valence-electron chi connectivity index (χ3n) is 6.13. The molecule has 1 fully saturated rings. The standard InChI is InChI=1S/C26H32Cl2N2O2/c1-3-24(26(32)29-22-10-5-4-6-11-22)30(17-19-9-7-8-18(2)14-19)25(31)15-20-12-13-21(27)16-23(20)28/h7-9,12-14,16,22,24H,3-6,10-11,15,17H2,1-2H3,(H,29,32)/t24-/m0/s1. The van der Waals surface area contributed by atoms with Crippen molar-refractivity contribution < 1.29 is 9.59 Å². The molecule has 3 rings (SSSR count). The summed E-state index contributed by atoms with van der Waals surface area (Å²) in [6.07, 6.45) is 6.19. The second kappa shape index (κ2) is 11.7. The van der Waals surface area contributed by atoms with Gasteiger partial charge in [0, 0.05) is 22.6 Å². The highest BCUT2D eigenvalue weighted by atomic mass is 35.5. The van der Waals surface area contributed by atoms with E-state index in [9.17, 15) is 9.59 Å². The monoisotopic (exact) mass is 474 g/mol. The Morgan fingerprint density at radius 1 is 1.09 bits per heavy atom. The van der Waals surface area contributed by atoms with Crippen molar-refractivity contribution in [3.63, 3.8) is 0 Å². The maximum atomic E-state index is 13.5. The van der Waals surface area contributed by atoms with E-state index in [-0.39, 0.29) is 24.3 Å². The molecule has 0 unspecified atom stereocenters. The molecule has 172 valence electrons. The van der Waals surface area contributed by atoms with Crippen LogP contribution in [0, 0.1) is 6.92 Å². The van der Waals surface area contributed by atoms with Crippen LogP contribution in [0.15, 0.2) is 42.5 Å². The topological polar surface area (TPSA) is 49.4 Å². The van der Waals surface area contributed by atoms with Crippen LogP contribution in [0.3, 0.4) is 0 Å². The lowest BCUT2D eigenvalue weighted by Crippen LogP contribution is -2.52. The van der Waals surface area contributed by atoms with Gasteiger partial charge in [-0.15, -0.1) is 0 Å². The van der Waals surface area contributed by atoms with E-state index in [0.29, 0.717) is 28.6 Å². The van der Waals surface area contributed by atoms with Crippen LogP contribution in [0.2, 0.25) is 10.0 Å². The molecule has 2 amide bonds. The summed E-state index contributed by atoms with van der Waals surface area (Å²) in [5.41, 5.74) is 2.83. The van der Waals surface area contributed by atoms with Crippen LogP contribution >= 0.6 is 23.2 Å². The van der Waals surface area contributed by atoms with Gasteiger partial charge >= 0.3 is 0 Å². The van der Waals surface area contributed by atoms with Crippen molar-refractivity contribution in [1.82, 2.24) is 10.2 Å². The first-order valence-electron chi connectivity index (χ1n) is 11.5. The van der Waals surface area contributed by atoms with Crippen LogP contribution in [0.1, 0.15) is 62.1 Å². The number of hydrogen-bond acceptors (Lipinski definition) is 2. The van der Waals surface area contributed by atoms with Crippen molar-refractivity contribution >= 4 is 35.0 Å². The maximum absolute atomic E-state index is 13.5. The maximum Gasteiger partial charge on any atom is 0.243 e. The first kappa shape index (κ1) is 24.6. The molecular formula is C26H32Cl2N2O2. The quantitative estimate of drug-likeness (QED) is 0.502. The molecule has 0 aromatic heterocycles. The lowest BCUT2D eigenvalue weighted by atomic mass is 9.95. The molecule has 2 aromatic carbocycles. The molecule has 1 aliphatic rings. The summed E-state index contributed by atoms with van der Waals surface area (Å²) in [6.45, 7) is 4.36. The van der Waals surface area contributed by atoms with E-state index in [1.807, 2.05) is 32.0 Å². The van der Waals surface area contributed by atoms with Gasteiger partial charge in [0.1, 0.15) is 6.04 Å². The van der Waals surface area contributed by atoms with Crippen LogP contribution in [0.25, 0.3) is 0 Å². The van der Waals surface area contributed by atoms with Gasteiger partial charge in [-0.1, -0.05) is 85.3 Å². The number of nitrogens with zero attached hydrogens (tertiary/aromatic N) is 1. The van der Waals surface area contributed by atoms with Gasteiger partial charge in [-0.25, -0.2) is 0 Å². The number of nitrogens with one attached hydrogen (secondary N) is 1. The molecular weight excluding hydrogens is 443 g/mol. The Morgan fingerprint density at radius 3 is 2.50 bits per heavy atom. The van der Waals surface area contributed by atoms with Gasteiger partial charge in [-0.2, -0.15) is 0 Å². The van der Waals surface area contributed by atoms with Crippen molar-refractivity contribution in [1.29, 1.82) is 0 Å². The molecule has 0 radical (unpaired) electrons. The van der Waals surface area contributed by atoms with Gasteiger partial charge < -0.3 is 10.2 Å². The van der Waals surface area contributed by atoms with Gasteiger partial charge in [-0.05, 0) is 49.4 Å². The molecule has 0 spiro atoms. The minimum Gasteiger partial charge on any atom is -0.352 e. The van der Waals surface area contributed by atoms with E-state index in [4.69, 9.17) is 23.2 Å². The van der Waals surface area contributed by atoms with E-state index in [1.54, 1.807) is 23.1 Å². The fourth-order valence-electron chi connectivity index (χ4n) is 4.40.